The van der Waals surface area contributed by atoms with Crippen molar-refractivity contribution in [2.75, 3.05) is 6.54 Å². The van der Waals surface area contributed by atoms with E-state index in [4.69, 9.17) is 5.73 Å². The molecule has 0 saturated heterocycles. The second-order valence-electron chi connectivity index (χ2n) is 5.04. The predicted octanol–water partition coefficient (Wildman–Crippen LogP) is 1.74. The van der Waals surface area contributed by atoms with Gasteiger partial charge in [0.1, 0.15) is 0 Å². The van der Waals surface area contributed by atoms with Crippen LogP contribution in [0.4, 0.5) is 0 Å². The highest BCUT2D eigenvalue weighted by Crippen LogP contribution is 2.15. The van der Waals surface area contributed by atoms with Crippen molar-refractivity contribution in [3.8, 4) is 0 Å². The molecule has 108 valence electrons. The molecule has 0 fully saturated rings. The maximum atomic E-state index is 12.1. The minimum atomic E-state index is -0.00837. The van der Waals surface area contributed by atoms with Gasteiger partial charge in [-0.05, 0) is 12.5 Å². The zero-order valence-electron chi connectivity index (χ0n) is 11.9. The summed E-state index contributed by atoms with van der Waals surface area (Å²) in [4.78, 5) is 12.1. The zero-order valence-corrected chi connectivity index (χ0v) is 11.9. The molecule has 4 N–H and O–H groups in total. The van der Waals surface area contributed by atoms with Crippen LogP contribution < -0.4 is 11.1 Å². The van der Waals surface area contributed by atoms with Crippen molar-refractivity contribution in [2.45, 2.75) is 38.6 Å². The SMILES string of the molecule is CCCCC(CN)NC(=O)Cc1[nH]nc2ccccc12. The van der Waals surface area contributed by atoms with Crippen LogP contribution in [0.3, 0.4) is 0 Å². The maximum Gasteiger partial charge on any atom is 0.226 e. The number of carbonyl (C=O) groups is 1. The standard InChI is InChI=1S/C15H22N4O/c1-2-3-6-11(10-16)17-15(20)9-14-12-7-4-5-8-13(12)18-19-14/h4-5,7-8,11H,2-3,6,9-10,16H2,1H3,(H,17,20)(H,18,19). The van der Waals surface area contributed by atoms with Crippen molar-refractivity contribution in [2.24, 2.45) is 5.73 Å². The third-order valence-electron chi connectivity index (χ3n) is 3.43. The van der Waals surface area contributed by atoms with Gasteiger partial charge in [0.15, 0.2) is 0 Å². The lowest BCUT2D eigenvalue weighted by atomic mass is 10.1. The quantitative estimate of drug-likeness (QED) is 0.719. The molecule has 1 heterocycles. The molecule has 20 heavy (non-hydrogen) atoms. The summed E-state index contributed by atoms with van der Waals surface area (Å²) in [5.41, 5.74) is 7.43. The monoisotopic (exact) mass is 274 g/mol. The number of nitrogens with zero attached hydrogens (tertiary/aromatic N) is 1. The summed E-state index contributed by atoms with van der Waals surface area (Å²) < 4.78 is 0. The van der Waals surface area contributed by atoms with E-state index in [0.29, 0.717) is 13.0 Å². The molecule has 1 aromatic heterocycles. The van der Waals surface area contributed by atoms with Gasteiger partial charge in [0, 0.05) is 18.0 Å². The largest absolute Gasteiger partial charge is 0.352 e. The van der Waals surface area contributed by atoms with Crippen LogP contribution in [0.1, 0.15) is 31.9 Å². The molecule has 0 aliphatic rings. The Morgan fingerprint density at radius 3 is 3.00 bits per heavy atom. The second-order valence-corrected chi connectivity index (χ2v) is 5.04. The molecule has 5 heteroatoms. The van der Waals surface area contributed by atoms with Gasteiger partial charge in [-0.1, -0.05) is 38.0 Å². The third-order valence-corrected chi connectivity index (χ3v) is 3.43. The summed E-state index contributed by atoms with van der Waals surface area (Å²) in [7, 11) is 0. The summed E-state index contributed by atoms with van der Waals surface area (Å²) in [6.07, 6.45) is 3.43. The van der Waals surface area contributed by atoms with E-state index < -0.39 is 0 Å². The number of fused-ring (bicyclic) bond motifs is 1. The fourth-order valence-corrected chi connectivity index (χ4v) is 2.29. The highest BCUT2D eigenvalue weighted by Gasteiger charge is 2.13. The fourth-order valence-electron chi connectivity index (χ4n) is 2.29. The van der Waals surface area contributed by atoms with Gasteiger partial charge in [-0.25, -0.2) is 0 Å². The number of unbranched alkanes of at least 4 members (excludes halogenated alkanes) is 1. The summed E-state index contributed by atoms with van der Waals surface area (Å²) >= 11 is 0. The van der Waals surface area contributed by atoms with E-state index in [-0.39, 0.29) is 11.9 Å². The van der Waals surface area contributed by atoms with Gasteiger partial charge in [-0.2, -0.15) is 5.10 Å². The Kier molecular flexibility index (Phi) is 5.12. The number of aromatic amines is 1. The van der Waals surface area contributed by atoms with E-state index in [9.17, 15) is 4.79 Å². The van der Waals surface area contributed by atoms with Crippen LogP contribution in [-0.2, 0) is 11.2 Å². The Balaban J connectivity index is 1.97. The normalized spacial score (nSPS) is 12.5. The summed E-state index contributed by atoms with van der Waals surface area (Å²) in [6, 6.07) is 7.85. The molecule has 0 bridgehead atoms. The minimum absolute atomic E-state index is 0.00837. The molecule has 0 radical (unpaired) electrons. The number of rotatable bonds is 7. The van der Waals surface area contributed by atoms with E-state index >= 15 is 0 Å². The molecule has 0 aliphatic heterocycles. The molecule has 1 atom stereocenters. The van der Waals surface area contributed by atoms with Crippen molar-refractivity contribution in [3.63, 3.8) is 0 Å². The van der Waals surface area contributed by atoms with Gasteiger partial charge in [0.2, 0.25) is 5.91 Å². The molecule has 0 aliphatic carbocycles. The van der Waals surface area contributed by atoms with E-state index in [1.54, 1.807) is 0 Å². The van der Waals surface area contributed by atoms with Crippen molar-refractivity contribution in [1.82, 2.24) is 15.5 Å². The van der Waals surface area contributed by atoms with Gasteiger partial charge in [-0.15, -0.1) is 0 Å². The van der Waals surface area contributed by atoms with Crippen LogP contribution in [0, 0.1) is 0 Å². The number of hydrogen-bond acceptors (Lipinski definition) is 3. The first-order chi connectivity index (χ1) is 9.74. The fraction of sp³-hybridized carbons (Fsp3) is 0.467. The lowest BCUT2D eigenvalue weighted by Gasteiger charge is -2.16. The van der Waals surface area contributed by atoms with Crippen molar-refractivity contribution in [3.05, 3.63) is 30.0 Å². The third kappa shape index (κ3) is 3.57. The van der Waals surface area contributed by atoms with E-state index in [1.165, 1.54) is 0 Å². The highest BCUT2D eigenvalue weighted by atomic mass is 16.1. The number of H-pyrrole nitrogens is 1. The maximum absolute atomic E-state index is 12.1. The number of nitrogens with one attached hydrogen (secondary N) is 2. The second kappa shape index (κ2) is 7.05. The van der Waals surface area contributed by atoms with E-state index in [1.807, 2.05) is 24.3 Å². The van der Waals surface area contributed by atoms with Crippen LogP contribution in [0.2, 0.25) is 0 Å². The molecule has 0 saturated carbocycles. The van der Waals surface area contributed by atoms with Crippen LogP contribution in [0.25, 0.3) is 10.9 Å². The summed E-state index contributed by atoms with van der Waals surface area (Å²) in [6.45, 7) is 2.61. The number of carbonyl (C=O) groups excluding carboxylic acids is 1. The Labute approximate surface area is 118 Å². The van der Waals surface area contributed by atoms with E-state index in [0.717, 1.165) is 35.9 Å². The highest BCUT2D eigenvalue weighted by molar-refractivity contribution is 5.87. The van der Waals surface area contributed by atoms with Crippen molar-refractivity contribution in [1.29, 1.82) is 0 Å². The molecular weight excluding hydrogens is 252 g/mol. The molecule has 2 rings (SSSR count). The molecular formula is C15H22N4O. The average Bonchev–Trinajstić information content (AvgIpc) is 2.87. The van der Waals surface area contributed by atoms with Crippen molar-refractivity contribution < 1.29 is 4.79 Å². The zero-order chi connectivity index (χ0) is 14.4. The minimum Gasteiger partial charge on any atom is -0.352 e. The van der Waals surface area contributed by atoms with Crippen LogP contribution in [0.15, 0.2) is 24.3 Å². The average molecular weight is 274 g/mol. The molecule has 0 spiro atoms. The van der Waals surface area contributed by atoms with Gasteiger partial charge in [0.25, 0.3) is 0 Å². The summed E-state index contributed by atoms with van der Waals surface area (Å²) in [5.74, 6) is -0.00837. The molecule has 1 aromatic carbocycles. The first-order valence-corrected chi connectivity index (χ1v) is 7.16. The van der Waals surface area contributed by atoms with Crippen LogP contribution in [-0.4, -0.2) is 28.7 Å². The molecule has 2 aromatic rings. The topological polar surface area (TPSA) is 83.8 Å². The molecule has 5 nitrogen and oxygen atoms in total. The van der Waals surface area contributed by atoms with E-state index in [2.05, 4.69) is 22.4 Å². The number of benzene rings is 1. The van der Waals surface area contributed by atoms with Crippen LogP contribution in [0.5, 0.6) is 0 Å². The van der Waals surface area contributed by atoms with Gasteiger partial charge >= 0.3 is 0 Å². The molecule has 1 unspecified atom stereocenters. The molecule has 1 amide bonds. The number of nitrogens with two attached hydrogens (primary N) is 1. The van der Waals surface area contributed by atoms with Gasteiger partial charge < -0.3 is 11.1 Å². The Morgan fingerprint density at radius 2 is 2.25 bits per heavy atom. The van der Waals surface area contributed by atoms with Gasteiger partial charge in [0.05, 0.1) is 17.6 Å². The smallest absolute Gasteiger partial charge is 0.226 e. The number of amides is 1. The van der Waals surface area contributed by atoms with Gasteiger partial charge in [-0.3, -0.25) is 9.89 Å². The Morgan fingerprint density at radius 1 is 1.45 bits per heavy atom. The predicted molar refractivity (Wildman–Crippen MR) is 80.3 cm³/mol. The Bertz CT molecular complexity index is 564. The number of aromatic nitrogens is 2. The first-order valence-electron chi connectivity index (χ1n) is 7.16. The van der Waals surface area contributed by atoms with Crippen LogP contribution >= 0.6 is 0 Å². The number of para-hydroxylation sites is 1. The lowest BCUT2D eigenvalue weighted by Crippen LogP contribution is -2.40. The summed E-state index contributed by atoms with van der Waals surface area (Å²) in [5, 5.41) is 11.1. The first kappa shape index (κ1) is 14.5. The lowest BCUT2D eigenvalue weighted by molar-refractivity contribution is -0.121. The number of hydrogen-bond donors (Lipinski definition) is 3. The van der Waals surface area contributed by atoms with Crippen molar-refractivity contribution >= 4 is 16.8 Å². The Hall–Kier alpha value is -1.88.